The first kappa shape index (κ1) is 19.8. The molecule has 0 unspecified atom stereocenters. The molecule has 1 aromatic rings. The highest BCUT2D eigenvalue weighted by molar-refractivity contribution is 5.81. The Labute approximate surface area is 166 Å². The summed E-state index contributed by atoms with van der Waals surface area (Å²) in [5.74, 6) is -0.112. The molecule has 2 saturated heterocycles. The number of halogens is 3. The van der Waals surface area contributed by atoms with Crippen LogP contribution in [0.1, 0.15) is 42.7 Å². The summed E-state index contributed by atoms with van der Waals surface area (Å²) in [6, 6.07) is 4.03. The number of carbonyl (C=O) groups excluding carboxylic acids is 2. The van der Waals surface area contributed by atoms with Gasteiger partial charge in [0.05, 0.1) is 18.2 Å². The highest BCUT2D eigenvalue weighted by Crippen LogP contribution is 2.43. The number of hydrogen-bond donors (Lipinski definition) is 1. The van der Waals surface area contributed by atoms with Crippen molar-refractivity contribution in [1.29, 1.82) is 0 Å². The van der Waals surface area contributed by atoms with E-state index < -0.39 is 17.8 Å². The fraction of sp³-hybridized carbons (Fsp3) is 0.600. The van der Waals surface area contributed by atoms with Crippen molar-refractivity contribution < 1.29 is 32.2 Å². The number of benzene rings is 1. The minimum atomic E-state index is -4.45. The number of likely N-dealkylation sites (tertiary alicyclic amines) is 1. The van der Waals surface area contributed by atoms with Gasteiger partial charge >= 0.3 is 12.3 Å². The van der Waals surface area contributed by atoms with E-state index in [9.17, 15) is 22.8 Å². The van der Waals surface area contributed by atoms with Gasteiger partial charge in [-0.25, -0.2) is 4.79 Å². The summed E-state index contributed by atoms with van der Waals surface area (Å²) in [6.45, 7) is 1.45. The monoisotopic (exact) mass is 412 g/mol. The molecule has 3 aliphatic rings. The molecule has 0 aromatic heterocycles. The van der Waals surface area contributed by atoms with E-state index in [1.807, 2.05) is 4.90 Å². The van der Waals surface area contributed by atoms with Crippen molar-refractivity contribution in [2.45, 2.75) is 43.3 Å². The van der Waals surface area contributed by atoms with Gasteiger partial charge in [-0.2, -0.15) is 13.2 Å². The zero-order valence-corrected chi connectivity index (χ0v) is 16.1. The number of carbonyl (C=O) groups is 2. The Kier molecular flexibility index (Phi) is 4.86. The summed E-state index contributed by atoms with van der Waals surface area (Å²) in [5.41, 5.74) is -0.361. The van der Waals surface area contributed by atoms with Crippen LogP contribution < -0.4 is 10.1 Å². The number of piperidine rings is 1. The second-order valence-electron chi connectivity index (χ2n) is 8.14. The number of cyclic esters (lactones) is 1. The molecule has 0 bridgehead atoms. The number of nitrogens with one attached hydrogen (secondary N) is 1. The second-order valence-corrected chi connectivity index (χ2v) is 8.14. The Morgan fingerprint density at radius 3 is 2.52 bits per heavy atom. The molecule has 2 aliphatic heterocycles. The number of ether oxygens (including phenoxy) is 2. The van der Waals surface area contributed by atoms with Crippen molar-refractivity contribution >= 4 is 12.0 Å². The maximum atomic E-state index is 13.0. The lowest BCUT2D eigenvalue weighted by molar-refractivity contribution is -0.142. The molecule has 6 nitrogen and oxygen atoms in total. The van der Waals surface area contributed by atoms with E-state index in [0.29, 0.717) is 45.4 Å². The molecule has 4 rings (SSSR count). The van der Waals surface area contributed by atoms with Crippen LogP contribution in [0.5, 0.6) is 5.75 Å². The average molecular weight is 412 g/mol. The summed E-state index contributed by atoms with van der Waals surface area (Å²) in [5, 5.41) is 2.79. The normalized spacial score (nSPS) is 27.4. The van der Waals surface area contributed by atoms with Crippen LogP contribution in [0.25, 0.3) is 0 Å². The fourth-order valence-electron chi connectivity index (χ4n) is 4.66. The van der Waals surface area contributed by atoms with Gasteiger partial charge in [0, 0.05) is 19.0 Å². The van der Waals surface area contributed by atoms with Crippen molar-refractivity contribution in [2.24, 2.45) is 5.92 Å². The molecule has 3 fully saturated rings. The molecule has 9 heteroatoms. The van der Waals surface area contributed by atoms with Gasteiger partial charge in [0.25, 0.3) is 0 Å². The Balaban J connectivity index is 1.34. The highest BCUT2D eigenvalue weighted by Gasteiger charge is 2.53. The van der Waals surface area contributed by atoms with Crippen molar-refractivity contribution in [1.82, 2.24) is 10.2 Å². The molecule has 0 atom stereocenters. The summed E-state index contributed by atoms with van der Waals surface area (Å²) < 4.78 is 49.0. The fourth-order valence-corrected chi connectivity index (χ4v) is 4.66. The number of amides is 2. The summed E-state index contributed by atoms with van der Waals surface area (Å²) in [4.78, 5) is 25.8. The van der Waals surface area contributed by atoms with Gasteiger partial charge < -0.3 is 19.7 Å². The van der Waals surface area contributed by atoms with Gasteiger partial charge in [0.15, 0.2) is 0 Å². The minimum Gasteiger partial charge on any atom is -0.496 e. The first-order valence-electron chi connectivity index (χ1n) is 9.70. The number of nitrogens with zero attached hydrogens (tertiary/aromatic N) is 1. The number of alkyl carbamates (subject to hydrolysis) is 1. The van der Waals surface area contributed by atoms with Crippen LogP contribution in [-0.4, -0.2) is 49.2 Å². The standard InChI is InChI=1S/C20H23F3N2O4/c1-28-16-8-13(2-3-15(16)20(21,22)23)12-4-6-25(7-5-12)17(26)14-9-19(10-14)11-29-18(27)24-19/h2-3,8,12,14H,4-7,9-11H2,1H3,(H,24,27). The molecular formula is C20H23F3N2O4. The molecule has 1 spiro atoms. The molecular weight excluding hydrogens is 389 g/mol. The molecule has 1 aromatic carbocycles. The Morgan fingerprint density at radius 2 is 1.97 bits per heavy atom. The van der Waals surface area contributed by atoms with E-state index in [2.05, 4.69) is 5.32 Å². The number of methoxy groups -OCH3 is 1. The molecule has 1 N–H and O–H groups in total. The first-order chi connectivity index (χ1) is 13.7. The summed E-state index contributed by atoms with van der Waals surface area (Å²) >= 11 is 0. The molecule has 2 amide bonds. The molecule has 1 saturated carbocycles. The van der Waals surface area contributed by atoms with Gasteiger partial charge in [0.1, 0.15) is 12.4 Å². The van der Waals surface area contributed by atoms with Crippen LogP contribution in [-0.2, 0) is 15.7 Å². The third kappa shape index (κ3) is 3.74. The van der Waals surface area contributed by atoms with E-state index in [-0.39, 0.29) is 29.0 Å². The van der Waals surface area contributed by atoms with Crippen LogP contribution in [0.2, 0.25) is 0 Å². The van der Waals surface area contributed by atoms with E-state index in [4.69, 9.17) is 9.47 Å². The topological polar surface area (TPSA) is 67.9 Å². The van der Waals surface area contributed by atoms with Gasteiger partial charge in [-0.15, -0.1) is 0 Å². The lowest BCUT2D eigenvalue weighted by Gasteiger charge is -2.45. The smallest absolute Gasteiger partial charge is 0.419 e. The summed E-state index contributed by atoms with van der Waals surface area (Å²) in [7, 11) is 1.23. The maximum Gasteiger partial charge on any atom is 0.419 e. The van der Waals surface area contributed by atoms with E-state index >= 15 is 0 Å². The van der Waals surface area contributed by atoms with Crippen molar-refractivity contribution in [2.75, 3.05) is 26.8 Å². The number of rotatable bonds is 3. The lowest BCUT2D eigenvalue weighted by atomic mass is 9.68. The van der Waals surface area contributed by atoms with Crippen LogP contribution in [0.4, 0.5) is 18.0 Å². The molecule has 158 valence electrons. The maximum absolute atomic E-state index is 13.0. The van der Waals surface area contributed by atoms with Crippen molar-refractivity contribution in [3.05, 3.63) is 29.3 Å². The molecule has 0 radical (unpaired) electrons. The number of hydrogen-bond acceptors (Lipinski definition) is 4. The first-order valence-corrected chi connectivity index (χ1v) is 9.70. The van der Waals surface area contributed by atoms with Gasteiger partial charge in [0.2, 0.25) is 5.91 Å². The van der Waals surface area contributed by atoms with E-state index in [0.717, 1.165) is 11.6 Å². The zero-order valence-electron chi connectivity index (χ0n) is 16.1. The summed E-state index contributed by atoms with van der Waals surface area (Å²) in [6.07, 6.45) is -2.32. The average Bonchev–Trinajstić information content (AvgIpc) is 3.07. The van der Waals surface area contributed by atoms with Gasteiger partial charge in [-0.3, -0.25) is 4.79 Å². The highest BCUT2D eigenvalue weighted by atomic mass is 19.4. The predicted molar refractivity (Wildman–Crippen MR) is 96.5 cm³/mol. The molecule has 1 aliphatic carbocycles. The number of alkyl halides is 3. The van der Waals surface area contributed by atoms with Gasteiger partial charge in [-0.1, -0.05) is 6.07 Å². The van der Waals surface area contributed by atoms with Gasteiger partial charge in [-0.05, 0) is 49.3 Å². The van der Waals surface area contributed by atoms with E-state index in [1.54, 1.807) is 0 Å². The third-order valence-corrected chi connectivity index (χ3v) is 6.28. The van der Waals surface area contributed by atoms with Crippen LogP contribution in [0.15, 0.2) is 18.2 Å². The molecule has 2 heterocycles. The minimum absolute atomic E-state index is 0.0835. The Hall–Kier alpha value is -2.45. The SMILES string of the molecule is COc1cc(C2CCN(C(=O)C3CC4(COC(=O)N4)C3)CC2)ccc1C(F)(F)F. The Bertz CT molecular complexity index is 812. The Morgan fingerprint density at radius 1 is 1.28 bits per heavy atom. The zero-order chi connectivity index (χ0) is 20.8. The van der Waals surface area contributed by atoms with E-state index in [1.165, 1.54) is 19.2 Å². The van der Waals surface area contributed by atoms with Crippen LogP contribution >= 0.6 is 0 Å². The van der Waals surface area contributed by atoms with Crippen LogP contribution in [0.3, 0.4) is 0 Å². The van der Waals surface area contributed by atoms with Crippen LogP contribution in [0, 0.1) is 5.92 Å². The lowest BCUT2D eigenvalue weighted by Crippen LogP contribution is -2.58. The second kappa shape index (κ2) is 7.11. The largest absolute Gasteiger partial charge is 0.496 e. The third-order valence-electron chi connectivity index (χ3n) is 6.28. The van der Waals surface area contributed by atoms with Crippen molar-refractivity contribution in [3.8, 4) is 5.75 Å². The predicted octanol–water partition coefficient (Wildman–Crippen LogP) is 3.31. The quantitative estimate of drug-likeness (QED) is 0.827. The molecule has 29 heavy (non-hydrogen) atoms. The van der Waals surface area contributed by atoms with Crippen molar-refractivity contribution in [3.63, 3.8) is 0 Å².